The minimum absolute atomic E-state index is 0.354. The van der Waals surface area contributed by atoms with Crippen molar-refractivity contribution in [2.75, 3.05) is 11.4 Å². The molecule has 1 aliphatic rings. The van der Waals surface area contributed by atoms with Gasteiger partial charge in [0.1, 0.15) is 17.3 Å². The number of aromatic nitrogens is 2. The lowest BCUT2D eigenvalue weighted by molar-refractivity contribution is 0.479. The van der Waals surface area contributed by atoms with Gasteiger partial charge < -0.3 is 4.90 Å². The van der Waals surface area contributed by atoms with Crippen LogP contribution in [0, 0.1) is 0 Å². The molecule has 0 spiro atoms. The second kappa shape index (κ2) is 5.21. The van der Waals surface area contributed by atoms with Crippen LogP contribution in [0.1, 0.15) is 51.5 Å². The molecule has 0 radical (unpaired) electrons. The van der Waals surface area contributed by atoms with Crippen LogP contribution >= 0.6 is 11.6 Å². The number of hydrogen-bond donors (Lipinski definition) is 0. The van der Waals surface area contributed by atoms with Crippen LogP contribution in [0.15, 0.2) is 6.33 Å². The van der Waals surface area contributed by atoms with Crippen LogP contribution < -0.4 is 4.90 Å². The van der Waals surface area contributed by atoms with Crippen molar-refractivity contribution >= 4 is 17.4 Å². The van der Waals surface area contributed by atoms with E-state index in [0.717, 1.165) is 17.9 Å². The molecule has 1 fully saturated rings. The maximum Gasteiger partial charge on any atom is 0.138 e. The first-order valence-corrected chi connectivity index (χ1v) is 6.76. The maximum atomic E-state index is 6.21. The van der Waals surface area contributed by atoms with Gasteiger partial charge in [-0.3, -0.25) is 0 Å². The van der Waals surface area contributed by atoms with Gasteiger partial charge in [0, 0.05) is 18.2 Å². The van der Waals surface area contributed by atoms with E-state index in [4.69, 9.17) is 11.6 Å². The first-order chi connectivity index (χ1) is 8.11. The average Bonchev–Trinajstić information content (AvgIpc) is 2.28. The summed E-state index contributed by atoms with van der Waals surface area (Å²) in [6.07, 6.45) is 5.36. The van der Waals surface area contributed by atoms with Gasteiger partial charge in [0.2, 0.25) is 0 Å². The molecular formula is C13H20ClN3. The first-order valence-electron chi connectivity index (χ1n) is 6.38. The second-order valence-corrected chi connectivity index (χ2v) is 5.45. The average molecular weight is 254 g/mol. The van der Waals surface area contributed by atoms with E-state index in [1.54, 1.807) is 6.33 Å². The molecule has 94 valence electrons. The molecule has 0 amide bonds. The number of nitrogens with zero attached hydrogens (tertiary/aromatic N) is 3. The topological polar surface area (TPSA) is 29.0 Å². The molecule has 17 heavy (non-hydrogen) atoms. The number of anilines is 1. The second-order valence-electron chi connectivity index (χ2n) is 5.09. The summed E-state index contributed by atoms with van der Waals surface area (Å²) in [6, 6.07) is 0.548. The van der Waals surface area contributed by atoms with Crippen LogP contribution in [0.3, 0.4) is 0 Å². The van der Waals surface area contributed by atoms with Crippen LogP contribution in [0.4, 0.5) is 5.82 Å². The van der Waals surface area contributed by atoms with Crippen molar-refractivity contribution in [3.63, 3.8) is 0 Å². The van der Waals surface area contributed by atoms with Gasteiger partial charge in [-0.2, -0.15) is 0 Å². The highest BCUT2D eigenvalue weighted by molar-refractivity contribution is 6.30. The Morgan fingerprint density at radius 1 is 1.35 bits per heavy atom. The zero-order chi connectivity index (χ0) is 12.4. The summed E-state index contributed by atoms with van der Waals surface area (Å²) in [5.74, 6) is 1.39. The van der Waals surface area contributed by atoms with Crippen LogP contribution in [0.25, 0.3) is 0 Å². The quantitative estimate of drug-likeness (QED) is 0.754. The highest BCUT2D eigenvalue weighted by Gasteiger charge is 2.24. The van der Waals surface area contributed by atoms with Crippen molar-refractivity contribution in [2.24, 2.45) is 0 Å². The number of rotatable bonds is 2. The molecule has 3 nitrogen and oxygen atoms in total. The van der Waals surface area contributed by atoms with Gasteiger partial charge in [-0.1, -0.05) is 25.4 Å². The molecule has 0 aromatic carbocycles. The molecule has 0 bridgehead atoms. The Kier molecular flexibility index (Phi) is 3.87. The predicted molar refractivity (Wildman–Crippen MR) is 71.8 cm³/mol. The van der Waals surface area contributed by atoms with E-state index < -0.39 is 0 Å². The summed E-state index contributed by atoms with van der Waals surface area (Å²) in [4.78, 5) is 11.0. The molecular weight excluding hydrogens is 234 g/mol. The first kappa shape index (κ1) is 12.6. The Morgan fingerprint density at radius 2 is 2.12 bits per heavy atom. The normalized spacial score (nSPS) is 21.0. The third kappa shape index (κ3) is 2.54. The van der Waals surface area contributed by atoms with Gasteiger partial charge in [0.25, 0.3) is 0 Å². The summed E-state index contributed by atoms with van der Waals surface area (Å²) in [6.45, 7) is 7.62. The fourth-order valence-electron chi connectivity index (χ4n) is 2.50. The molecule has 2 heterocycles. The van der Waals surface area contributed by atoms with Crippen LogP contribution in [-0.4, -0.2) is 22.6 Å². The van der Waals surface area contributed by atoms with Gasteiger partial charge in [-0.05, 0) is 32.1 Å². The Morgan fingerprint density at radius 3 is 2.76 bits per heavy atom. The molecule has 1 saturated heterocycles. The van der Waals surface area contributed by atoms with Crippen LogP contribution in [-0.2, 0) is 0 Å². The van der Waals surface area contributed by atoms with Crippen molar-refractivity contribution in [3.8, 4) is 0 Å². The van der Waals surface area contributed by atoms with E-state index >= 15 is 0 Å². The lowest BCUT2D eigenvalue weighted by Crippen LogP contribution is -2.38. The fourth-order valence-corrected chi connectivity index (χ4v) is 2.85. The van der Waals surface area contributed by atoms with E-state index in [1.165, 1.54) is 19.3 Å². The number of hydrogen-bond acceptors (Lipinski definition) is 3. The molecule has 1 aromatic heterocycles. The molecule has 1 aliphatic heterocycles. The third-order valence-corrected chi connectivity index (χ3v) is 3.77. The van der Waals surface area contributed by atoms with Crippen molar-refractivity contribution in [1.29, 1.82) is 0 Å². The summed E-state index contributed by atoms with van der Waals surface area (Å²) in [7, 11) is 0. The molecule has 1 atom stereocenters. The Balaban J connectivity index is 2.40. The lowest BCUT2D eigenvalue weighted by atomic mass is 10.0. The van der Waals surface area contributed by atoms with Crippen molar-refractivity contribution in [2.45, 2.75) is 52.0 Å². The zero-order valence-corrected chi connectivity index (χ0v) is 11.5. The maximum absolute atomic E-state index is 6.21. The monoisotopic (exact) mass is 253 g/mol. The predicted octanol–water partition coefficient (Wildman–Crippen LogP) is 3.63. The van der Waals surface area contributed by atoms with E-state index in [9.17, 15) is 0 Å². The molecule has 1 unspecified atom stereocenters. The molecule has 0 N–H and O–H groups in total. The van der Waals surface area contributed by atoms with Gasteiger partial charge >= 0.3 is 0 Å². The van der Waals surface area contributed by atoms with Crippen LogP contribution in [0.5, 0.6) is 0 Å². The summed E-state index contributed by atoms with van der Waals surface area (Å²) >= 11 is 6.21. The van der Waals surface area contributed by atoms with Crippen molar-refractivity contribution in [3.05, 3.63) is 17.0 Å². The van der Waals surface area contributed by atoms with Crippen molar-refractivity contribution in [1.82, 2.24) is 9.97 Å². The van der Waals surface area contributed by atoms with Crippen LogP contribution in [0.2, 0.25) is 5.15 Å². The smallest absolute Gasteiger partial charge is 0.138 e. The van der Waals surface area contributed by atoms with E-state index in [1.807, 2.05) is 0 Å². The molecule has 2 rings (SSSR count). The highest BCUT2D eigenvalue weighted by atomic mass is 35.5. The summed E-state index contributed by atoms with van der Waals surface area (Å²) < 4.78 is 0. The van der Waals surface area contributed by atoms with Gasteiger partial charge in [-0.15, -0.1) is 0 Å². The minimum Gasteiger partial charge on any atom is -0.354 e. The van der Waals surface area contributed by atoms with Gasteiger partial charge in [0.05, 0.1) is 0 Å². The molecule has 0 saturated carbocycles. The Hall–Kier alpha value is -0.830. The Labute approximate surface area is 108 Å². The summed E-state index contributed by atoms with van der Waals surface area (Å²) in [5.41, 5.74) is 1.09. The van der Waals surface area contributed by atoms with E-state index in [0.29, 0.717) is 17.1 Å². The minimum atomic E-state index is 0.354. The standard InChI is InChI=1S/C13H20ClN3/c1-9(2)11-12(14)15-8-16-13(11)17-7-5-4-6-10(17)3/h8-10H,4-7H2,1-3H3. The largest absolute Gasteiger partial charge is 0.354 e. The summed E-state index contributed by atoms with van der Waals surface area (Å²) in [5, 5.41) is 0.600. The Bertz CT molecular complexity index is 392. The molecule has 0 aliphatic carbocycles. The molecule has 4 heteroatoms. The molecule has 1 aromatic rings. The number of piperidine rings is 1. The fraction of sp³-hybridized carbons (Fsp3) is 0.692. The van der Waals surface area contributed by atoms with E-state index in [2.05, 4.69) is 35.6 Å². The zero-order valence-electron chi connectivity index (χ0n) is 10.8. The van der Waals surface area contributed by atoms with Crippen molar-refractivity contribution < 1.29 is 0 Å². The van der Waals surface area contributed by atoms with E-state index in [-0.39, 0.29) is 0 Å². The number of halogens is 1. The van der Waals surface area contributed by atoms with Gasteiger partial charge in [0.15, 0.2) is 0 Å². The van der Waals surface area contributed by atoms with Gasteiger partial charge in [-0.25, -0.2) is 9.97 Å². The highest BCUT2D eigenvalue weighted by Crippen LogP contribution is 2.33. The lowest BCUT2D eigenvalue weighted by Gasteiger charge is -2.36. The third-order valence-electron chi connectivity index (χ3n) is 3.47. The SMILES string of the molecule is CC(C)c1c(Cl)ncnc1N1CCCCC1C.